The Morgan fingerprint density at radius 3 is 2.62 bits per heavy atom. The van der Waals surface area contributed by atoms with Crippen molar-refractivity contribution in [3.05, 3.63) is 12.7 Å². The van der Waals surface area contributed by atoms with Crippen molar-refractivity contribution in [3.63, 3.8) is 0 Å². The molecule has 0 heteroatoms. The molecule has 44 valence electrons. The molecule has 1 unspecified atom stereocenters. The number of allylic oxidation sites excluding steroid dienone is 1. The molecule has 0 N–H and O–H groups in total. The topological polar surface area (TPSA) is 0 Å². The average molecular weight is 108 g/mol. The fourth-order valence-electron chi connectivity index (χ4n) is 0.546. The second-order valence-corrected chi connectivity index (χ2v) is 1.81. The van der Waals surface area contributed by atoms with E-state index in [2.05, 4.69) is 19.4 Å². The van der Waals surface area contributed by atoms with Crippen molar-refractivity contribution in [1.82, 2.24) is 0 Å². The molecule has 0 saturated carbocycles. The molecule has 1 atom stereocenters. The van der Waals surface area contributed by atoms with Gasteiger partial charge in [0, 0.05) is 6.42 Å². The first-order chi connectivity index (χ1) is 3.85. The quantitative estimate of drug-likeness (QED) is 0.384. The zero-order valence-corrected chi connectivity index (χ0v) is 5.35. The number of rotatable bonds is 3. The van der Waals surface area contributed by atoms with Gasteiger partial charge in [0.05, 0.1) is 0 Å². The number of hydrogen-bond acceptors (Lipinski definition) is 0. The SMILES string of the molecule is C#CCC(C=C)CC. The van der Waals surface area contributed by atoms with E-state index in [1.54, 1.807) is 0 Å². The molecule has 0 nitrogen and oxygen atoms in total. The Labute approximate surface area is 51.6 Å². The molecule has 0 spiro atoms. The highest BCUT2D eigenvalue weighted by molar-refractivity contribution is 4.92. The summed E-state index contributed by atoms with van der Waals surface area (Å²) < 4.78 is 0. The lowest BCUT2D eigenvalue weighted by Gasteiger charge is -2.00. The van der Waals surface area contributed by atoms with E-state index in [0.717, 1.165) is 12.8 Å². The monoisotopic (exact) mass is 108 g/mol. The third kappa shape index (κ3) is 2.47. The van der Waals surface area contributed by atoms with Crippen LogP contribution < -0.4 is 0 Å². The van der Waals surface area contributed by atoms with Crippen molar-refractivity contribution >= 4 is 0 Å². The summed E-state index contributed by atoms with van der Waals surface area (Å²) in [5, 5.41) is 0. The van der Waals surface area contributed by atoms with Crippen molar-refractivity contribution in [2.24, 2.45) is 5.92 Å². The van der Waals surface area contributed by atoms with Gasteiger partial charge in [-0.3, -0.25) is 0 Å². The third-order valence-electron chi connectivity index (χ3n) is 1.24. The maximum Gasteiger partial charge on any atom is 0.0149 e. The largest absolute Gasteiger partial charge is 0.120 e. The summed E-state index contributed by atoms with van der Waals surface area (Å²) in [6.07, 6.45) is 8.94. The van der Waals surface area contributed by atoms with E-state index in [0.29, 0.717) is 5.92 Å². The number of terminal acetylenes is 1. The maximum atomic E-state index is 5.08. The molecule has 0 aromatic heterocycles. The Balaban J connectivity index is 3.40. The van der Waals surface area contributed by atoms with Gasteiger partial charge < -0.3 is 0 Å². The van der Waals surface area contributed by atoms with E-state index >= 15 is 0 Å². The summed E-state index contributed by atoms with van der Waals surface area (Å²) in [6.45, 7) is 5.77. The Kier molecular flexibility index (Phi) is 4.07. The van der Waals surface area contributed by atoms with Crippen molar-refractivity contribution in [3.8, 4) is 12.3 Å². The van der Waals surface area contributed by atoms with Crippen LogP contribution in [0.15, 0.2) is 12.7 Å². The summed E-state index contributed by atoms with van der Waals surface area (Å²) in [4.78, 5) is 0. The zero-order valence-electron chi connectivity index (χ0n) is 5.35. The summed E-state index contributed by atoms with van der Waals surface area (Å²) >= 11 is 0. The predicted octanol–water partition coefficient (Wildman–Crippen LogP) is 2.22. The van der Waals surface area contributed by atoms with Crippen molar-refractivity contribution in [1.29, 1.82) is 0 Å². The summed E-state index contributed by atoms with van der Waals surface area (Å²) in [6, 6.07) is 0. The van der Waals surface area contributed by atoms with Gasteiger partial charge in [0.2, 0.25) is 0 Å². The molecule has 0 radical (unpaired) electrons. The lowest BCUT2D eigenvalue weighted by Crippen LogP contribution is -1.89. The van der Waals surface area contributed by atoms with E-state index in [4.69, 9.17) is 6.42 Å². The molecular weight excluding hydrogens is 96.1 g/mol. The van der Waals surface area contributed by atoms with Crippen LogP contribution in [0.3, 0.4) is 0 Å². The van der Waals surface area contributed by atoms with Gasteiger partial charge in [-0.05, 0) is 12.3 Å². The average Bonchev–Trinajstić information content (AvgIpc) is 1.83. The molecule has 0 aromatic rings. The third-order valence-corrected chi connectivity index (χ3v) is 1.24. The highest BCUT2D eigenvalue weighted by Gasteiger charge is 1.94. The molecule has 0 amide bonds. The molecule has 8 heavy (non-hydrogen) atoms. The Morgan fingerprint density at radius 1 is 1.88 bits per heavy atom. The molecule has 0 saturated heterocycles. The lowest BCUT2D eigenvalue weighted by atomic mass is 10.0. The first-order valence-corrected chi connectivity index (χ1v) is 2.91. The van der Waals surface area contributed by atoms with Crippen LogP contribution >= 0.6 is 0 Å². The Morgan fingerprint density at radius 2 is 2.50 bits per heavy atom. The van der Waals surface area contributed by atoms with E-state index in [1.807, 2.05) is 6.08 Å². The first kappa shape index (κ1) is 7.30. The smallest absolute Gasteiger partial charge is 0.0149 e. The normalized spacial score (nSPS) is 12.0. The van der Waals surface area contributed by atoms with Gasteiger partial charge in [0.25, 0.3) is 0 Å². The molecule has 0 aliphatic heterocycles. The Bertz CT molecular complexity index is 95.1. The zero-order chi connectivity index (χ0) is 6.41. The second kappa shape index (κ2) is 4.46. The van der Waals surface area contributed by atoms with Gasteiger partial charge in [0.1, 0.15) is 0 Å². The van der Waals surface area contributed by atoms with Gasteiger partial charge in [-0.1, -0.05) is 13.0 Å². The molecule has 0 bridgehead atoms. The van der Waals surface area contributed by atoms with Crippen LogP contribution in [0, 0.1) is 18.3 Å². The molecule has 0 aliphatic rings. The minimum absolute atomic E-state index is 0.528. The van der Waals surface area contributed by atoms with Crippen LogP contribution in [0.2, 0.25) is 0 Å². The van der Waals surface area contributed by atoms with Crippen LogP contribution in [0.5, 0.6) is 0 Å². The maximum absolute atomic E-state index is 5.08. The van der Waals surface area contributed by atoms with Gasteiger partial charge in [-0.25, -0.2) is 0 Å². The fraction of sp³-hybridized carbons (Fsp3) is 0.500. The second-order valence-electron chi connectivity index (χ2n) is 1.81. The summed E-state index contributed by atoms with van der Waals surface area (Å²) in [5.74, 6) is 3.13. The van der Waals surface area contributed by atoms with E-state index in [-0.39, 0.29) is 0 Å². The van der Waals surface area contributed by atoms with Crippen LogP contribution in [0.1, 0.15) is 19.8 Å². The molecule has 0 aliphatic carbocycles. The lowest BCUT2D eigenvalue weighted by molar-refractivity contribution is 0.650. The van der Waals surface area contributed by atoms with Crippen LogP contribution in [0.4, 0.5) is 0 Å². The summed E-state index contributed by atoms with van der Waals surface area (Å²) in [5.41, 5.74) is 0. The van der Waals surface area contributed by atoms with Crippen molar-refractivity contribution in [2.45, 2.75) is 19.8 Å². The van der Waals surface area contributed by atoms with Crippen LogP contribution in [-0.4, -0.2) is 0 Å². The van der Waals surface area contributed by atoms with Crippen molar-refractivity contribution in [2.75, 3.05) is 0 Å². The first-order valence-electron chi connectivity index (χ1n) is 2.91. The van der Waals surface area contributed by atoms with E-state index in [9.17, 15) is 0 Å². The molecular formula is C8H12. The van der Waals surface area contributed by atoms with Gasteiger partial charge in [0.15, 0.2) is 0 Å². The molecule has 0 rings (SSSR count). The predicted molar refractivity (Wildman–Crippen MR) is 37.4 cm³/mol. The van der Waals surface area contributed by atoms with Gasteiger partial charge in [-0.15, -0.1) is 18.9 Å². The molecule has 0 aromatic carbocycles. The molecule has 0 fully saturated rings. The fourth-order valence-corrected chi connectivity index (χ4v) is 0.546. The van der Waals surface area contributed by atoms with E-state index < -0.39 is 0 Å². The number of hydrogen-bond donors (Lipinski definition) is 0. The summed E-state index contributed by atoms with van der Waals surface area (Å²) in [7, 11) is 0. The highest BCUT2D eigenvalue weighted by atomic mass is 14.0. The van der Waals surface area contributed by atoms with Gasteiger partial charge >= 0.3 is 0 Å². The van der Waals surface area contributed by atoms with Crippen LogP contribution in [-0.2, 0) is 0 Å². The standard InChI is InChI=1S/C8H12/c1-4-7-8(5-2)6-3/h1,5,8H,2,6-7H2,3H3. The van der Waals surface area contributed by atoms with E-state index in [1.165, 1.54) is 0 Å². The minimum Gasteiger partial charge on any atom is -0.120 e. The minimum atomic E-state index is 0.528. The van der Waals surface area contributed by atoms with Crippen molar-refractivity contribution < 1.29 is 0 Å². The molecule has 0 heterocycles. The van der Waals surface area contributed by atoms with Crippen LogP contribution in [0.25, 0.3) is 0 Å². The van der Waals surface area contributed by atoms with Gasteiger partial charge in [-0.2, -0.15) is 0 Å². The highest BCUT2D eigenvalue weighted by Crippen LogP contribution is 2.06. The Hall–Kier alpha value is -0.700.